The number of nitrogens with two attached hydrogens (primary N) is 1. The minimum Gasteiger partial charge on any atom is -0.494 e. The predicted molar refractivity (Wildman–Crippen MR) is 77.5 cm³/mol. The minimum absolute atomic E-state index is 0.269. The van der Waals surface area contributed by atoms with Crippen LogP contribution in [0.1, 0.15) is 15.9 Å². The molecule has 0 saturated heterocycles. The third kappa shape index (κ3) is 3.15. The fourth-order valence-electron chi connectivity index (χ4n) is 2.05. The second-order valence-electron chi connectivity index (χ2n) is 4.47. The Morgan fingerprint density at radius 1 is 1.23 bits per heavy atom. The van der Waals surface area contributed by atoms with Gasteiger partial charge in [0.1, 0.15) is 11.3 Å². The molecule has 1 aromatic heterocycles. The van der Waals surface area contributed by atoms with Crippen LogP contribution in [0, 0.1) is 0 Å². The van der Waals surface area contributed by atoms with Gasteiger partial charge < -0.3 is 10.8 Å². The van der Waals surface area contributed by atoms with Crippen molar-refractivity contribution in [2.24, 2.45) is 5.73 Å². The molecule has 0 bridgehead atoms. The smallest absolute Gasteiger partial charge is 0.269 e. The van der Waals surface area contributed by atoms with Gasteiger partial charge in [-0.05, 0) is 17.7 Å². The van der Waals surface area contributed by atoms with Gasteiger partial charge >= 0.3 is 0 Å². The van der Waals surface area contributed by atoms with Crippen LogP contribution in [0.3, 0.4) is 0 Å². The lowest BCUT2D eigenvalue weighted by Gasteiger charge is -2.13. The summed E-state index contributed by atoms with van der Waals surface area (Å²) in [6, 6.07) is 8.76. The van der Waals surface area contributed by atoms with E-state index in [1.165, 1.54) is 12.1 Å². The quantitative estimate of drug-likeness (QED) is 0.678. The molecule has 2 rings (SSSR count). The predicted octanol–water partition coefficient (Wildman–Crippen LogP) is 0.0298. The maximum atomic E-state index is 12.1. The zero-order chi connectivity index (χ0) is 16.5. The number of benzene rings is 1. The van der Waals surface area contributed by atoms with Gasteiger partial charge in [-0.25, -0.2) is 4.57 Å². The molecule has 1 amide bonds. The topological polar surface area (TPSA) is 140 Å². The highest BCUT2D eigenvalue weighted by Gasteiger charge is 2.23. The lowest BCUT2D eigenvalue weighted by molar-refractivity contribution is 0.0996. The maximum absolute atomic E-state index is 12.1. The number of hydrogen-bond acceptors (Lipinski definition) is 5. The first-order valence-corrected chi connectivity index (χ1v) is 7.60. The molecule has 1 heterocycles. The summed E-state index contributed by atoms with van der Waals surface area (Å²) in [7, 11) is -4.51. The number of pyridine rings is 1. The summed E-state index contributed by atoms with van der Waals surface area (Å²) >= 11 is 0. The molecule has 8 nitrogen and oxygen atoms in total. The highest BCUT2D eigenvalue weighted by molar-refractivity contribution is 7.85. The lowest BCUT2D eigenvalue weighted by atomic mass is 10.1. The maximum Gasteiger partial charge on any atom is 0.269 e. The highest BCUT2D eigenvalue weighted by atomic mass is 32.2. The van der Waals surface area contributed by atoms with Gasteiger partial charge in [0.25, 0.3) is 21.6 Å². The van der Waals surface area contributed by atoms with Crippen molar-refractivity contribution < 1.29 is 22.9 Å². The van der Waals surface area contributed by atoms with Crippen LogP contribution in [0.2, 0.25) is 0 Å². The SMILES string of the molecule is NC(=O)c1c(CS(=O)(=O)O)cc(=O)n(-c2ccccc2)c1O. The zero-order valence-electron chi connectivity index (χ0n) is 11.1. The standard InChI is InChI=1S/C13H12N2O6S/c14-12(17)11-8(7-22(19,20)21)6-10(16)15(13(11)18)9-4-2-1-3-5-9/h1-6,18H,7H2,(H2,14,17)(H,19,20,21). The van der Waals surface area contributed by atoms with Crippen LogP contribution < -0.4 is 11.3 Å². The first-order valence-electron chi connectivity index (χ1n) is 5.99. The Hall–Kier alpha value is -2.65. The third-order valence-corrected chi connectivity index (χ3v) is 3.55. The molecule has 0 aliphatic heterocycles. The molecule has 0 radical (unpaired) electrons. The number of aromatic nitrogens is 1. The molecule has 0 saturated carbocycles. The molecule has 0 fully saturated rings. The Kier molecular flexibility index (Phi) is 4.02. The van der Waals surface area contributed by atoms with Crippen LogP contribution >= 0.6 is 0 Å². The number of carbonyl (C=O) groups is 1. The van der Waals surface area contributed by atoms with Gasteiger partial charge in [0, 0.05) is 6.07 Å². The largest absolute Gasteiger partial charge is 0.494 e. The highest BCUT2D eigenvalue weighted by Crippen LogP contribution is 2.23. The van der Waals surface area contributed by atoms with Gasteiger partial charge in [-0.3, -0.25) is 14.1 Å². The number of hydrogen-bond donors (Lipinski definition) is 3. The summed E-state index contributed by atoms with van der Waals surface area (Å²) in [4.78, 5) is 23.6. The molecule has 1 aromatic carbocycles. The van der Waals surface area contributed by atoms with Crippen molar-refractivity contribution in [3.8, 4) is 11.6 Å². The van der Waals surface area contributed by atoms with Crippen molar-refractivity contribution in [2.75, 3.05) is 0 Å². The minimum atomic E-state index is -4.51. The van der Waals surface area contributed by atoms with Crippen molar-refractivity contribution in [1.82, 2.24) is 4.57 Å². The second kappa shape index (κ2) is 5.62. The normalized spacial score (nSPS) is 11.3. The van der Waals surface area contributed by atoms with E-state index in [0.29, 0.717) is 0 Å². The summed E-state index contributed by atoms with van der Waals surface area (Å²) < 4.78 is 31.6. The fourth-order valence-corrected chi connectivity index (χ4v) is 2.67. The summed E-state index contributed by atoms with van der Waals surface area (Å²) in [5.41, 5.74) is 3.73. The third-order valence-electron chi connectivity index (χ3n) is 2.87. The molecule has 22 heavy (non-hydrogen) atoms. The van der Waals surface area contributed by atoms with Crippen molar-refractivity contribution in [3.63, 3.8) is 0 Å². The summed E-state index contributed by atoms with van der Waals surface area (Å²) in [5.74, 6) is -2.92. The van der Waals surface area contributed by atoms with E-state index in [0.717, 1.165) is 10.6 Å². The molecule has 0 aliphatic carbocycles. The van der Waals surface area contributed by atoms with Crippen LogP contribution in [-0.4, -0.2) is 28.6 Å². The van der Waals surface area contributed by atoms with Gasteiger partial charge in [0.05, 0.1) is 5.69 Å². The molecule has 0 spiro atoms. The molecule has 116 valence electrons. The van der Waals surface area contributed by atoms with Gasteiger partial charge in [-0.1, -0.05) is 18.2 Å². The number of amides is 1. The Morgan fingerprint density at radius 3 is 2.32 bits per heavy atom. The molecule has 9 heteroatoms. The summed E-state index contributed by atoms with van der Waals surface area (Å²) in [5, 5.41) is 10.2. The Morgan fingerprint density at radius 2 is 1.82 bits per heavy atom. The first-order chi connectivity index (χ1) is 10.2. The van der Waals surface area contributed by atoms with E-state index in [2.05, 4.69) is 0 Å². The van der Waals surface area contributed by atoms with E-state index < -0.39 is 38.8 Å². The Balaban J connectivity index is 2.78. The number of primary amides is 1. The van der Waals surface area contributed by atoms with E-state index in [1.54, 1.807) is 18.2 Å². The van der Waals surface area contributed by atoms with E-state index in [1.807, 2.05) is 0 Å². The molecular formula is C13H12N2O6S. The monoisotopic (exact) mass is 324 g/mol. The van der Waals surface area contributed by atoms with Crippen LogP contribution in [0.25, 0.3) is 5.69 Å². The zero-order valence-corrected chi connectivity index (χ0v) is 11.9. The van der Waals surface area contributed by atoms with Crippen LogP contribution in [0.15, 0.2) is 41.2 Å². The van der Waals surface area contributed by atoms with E-state index in [9.17, 15) is 23.1 Å². The molecule has 2 aromatic rings. The van der Waals surface area contributed by atoms with Gasteiger partial charge in [0.2, 0.25) is 5.88 Å². The second-order valence-corrected chi connectivity index (χ2v) is 5.92. The summed E-state index contributed by atoms with van der Waals surface area (Å²) in [6.45, 7) is 0. The number of nitrogens with zero attached hydrogens (tertiary/aromatic N) is 1. The molecular weight excluding hydrogens is 312 g/mol. The number of aromatic hydroxyl groups is 1. The number of carbonyl (C=O) groups excluding carboxylic acids is 1. The fraction of sp³-hybridized carbons (Fsp3) is 0.0769. The first kappa shape index (κ1) is 15.7. The van der Waals surface area contributed by atoms with Gasteiger partial charge in [-0.2, -0.15) is 8.42 Å². The van der Waals surface area contributed by atoms with Crippen LogP contribution in [-0.2, 0) is 15.9 Å². The Bertz CT molecular complexity index is 887. The van der Waals surface area contributed by atoms with Gasteiger partial charge in [0.15, 0.2) is 0 Å². The molecule has 0 aliphatic rings. The van der Waals surface area contributed by atoms with Crippen molar-refractivity contribution in [3.05, 3.63) is 57.9 Å². The number of rotatable bonds is 4. The summed E-state index contributed by atoms with van der Waals surface area (Å²) in [6.07, 6.45) is 0. The van der Waals surface area contributed by atoms with Crippen molar-refractivity contribution in [2.45, 2.75) is 5.75 Å². The van der Waals surface area contributed by atoms with Gasteiger partial charge in [-0.15, -0.1) is 0 Å². The molecule has 0 unspecified atom stereocenters. The average Bonchev–Trinajstić information content (AvgIpc) is 2.36. The number of para-hydroxylation sites is 1. The van der Waals surface area contributed by atoms with E-state index in [-0.39, 0.29) is 11.3 Å². The molecule has 0 atom stereocenters. The van der Waals surface area contributed by atoms with Crippen LogP contribution in [0.4, 0.5) is 0 Å². The van der Waals surface area contributed by atoms with E-state index in [4.69, 9.17) is 10.3 Å². The average molecular weight is 324 g/mol. The van der Waals surface area contributed by atoms with E-state index >= 15 is 0 Å². The molecule has 4 N–H and O–H groups in total. The van der Waals surface area contributed by atoms with Crippen molar-refractivity contribution in [1.29, 1.82) is 0 Å². The van der Waals surface area contributed by atoms with Crippen molar-refractivity contribution >= 4 is 16.0 Å². The van der Waals surface area contributed by atoms with Crippen LogP contribution in [0.5, 0.6) is 5.88 Å². The lowest BCUT2D eigenvalue weighted by Crippen LogP contribution is -2.25. The Labute approximate surface area is 125 Å².